The van der Waals surface area contributed by atoms with Crippen LogP contribution >= 0.6 is 0 Å². The van der Waals surface area contributed by atoms with E-state index >= 15 is 0 Å². The molecule has 0 radical (unpaired) electrons. The van der Waals surface area contributed by atoms with Gasteiger partial charge in [-0.15, -0.1) is 0 Å². The van der Waals surface area contributed by atoms with Crippen LogP contribution in [0.4, 0.5) is 17.2 Å². The van der Waals surface area contributed by atoms with Crippen molar-refractivity contribution < 1.29 is 4.79 Å². The number of benzene rings is 1. The first kappa shape index (κ1) is 17.2. The van der Waals surface area contributed by atoms with Crippen molar-refractivity contribution in [3.05, 3.63) is 42.4 Å². The zero-order valence-corrected chi connectivity index (χ0v) is 15.1. The molecule has 2 heterocycles. The number of hydrogen-bond acceptors (Lipinski definition) is 5. The Bertz CT molecular complexity index is 712. The van der Waals surface area contributed by atoms with Crippen LogP contribution in [0.1, 0.15) is 30.3 Å². The minimum absolute atomic E-state index is 0.247. The van der Waals surface area contributed by atoms with Gasteiger partial charge in [-0.05, 0) is 43.0 Å². The third-order valence-corrected chi connectivity index (χ3v) is 4.49. The molecule has 0 aliphatic carbocycles. The van der Waals surface area contributed by atoms with E-state index < -0.39 is 0 Å². The van der Waals surface area contributed by atoms with Gasteiger partial charge in [-0.1, -0.05) is 6.92 Å². The summed E-state index contributed by atoms with van der Waals surface area (Å²) in [6.45, 7) is 4.25. The second kappa shape index (κ2) is 7.51. The van der Waals surface area contributed by atoms with Crippen molar-refractivity contribution in [2.45, 2.75) is 19.8 Å². The number of carbonyl (C=O) groups excluding carboxylic acids is 1. The third kappa shape index (κ3) is 4.26. The van der Waals surface area contributed by atoms with Gasteiger partial charge in [-0.2, -0.15) is 0 Å². The Labute approximate surface area is 148 Å². The number of nitrogens with one attached hydrogen (secondary N) is 1. The van der Waals surface area contributed by atoms with Gasteiger partial charge in [0, 0.05) is 38.6 Å². The lowest BCUT2D eigenvalue weighted by Crippen LogP contribution is -2.35. The largest absolute Gasteiger partial charge is 0.378 e. The highest BCUT2D eigenvalue weighted by Gasteiger charge is 2.18. The molecule has 6 nitrogen and oxygen atoms in total. The average molecular weight is 339 g/mol. The molecule has 1 aromatic carbocycles. The Kier molecular flexibility index (Phi) is 5.16. The summed E-state index contributed by atoms with van der Waals surface area (Å²) < 4.78 is 0. The van der Waals surface area contributed by atoms with Crippen molar-refractivity contribution >= 4 is 23.1 Å². The zero-order valence-electron chi connectivity index (χ0n) is 15.1. The number of rotatable bonds is 4. The zero-order chi connectivity index (χ0) is 17.8. The Morgan fingerprint density at radius 1 is 1.20 bits per heavy atom. The van der Waals surface area contributed by atoms with E-state index in [0.717, 1.165) is 30.3 Å². The van der Waals surface area contributed by atoms with E-state index in [-0.39, 0.29) is 5.91 Å². The average Bonchev–Trinajstić information content (AvgIpc) is 2.62. The van der Waals surface area contributed by atoms with Crippen molar-refractivity contribution in [3.8, 4) is 0 Å². The fourth-order valence-electron chi connectivity index (χ4n) is 3.04. The topological polar surface area (TPSA) is 61.4 Å². The molecule has 6 heteroatoms. The van der Waals surface area contributed by atoms with Crippen LogP contribution in [0.3, 0.4) is 0 Å². The predicted molar refractivity (Wildman–Crippen MR) is 101 cm³/mol. The quantitative estimate of drug-likeness (QED) is 0.928. The SMILES string of the molecule is CC1CCCN(c2cnc(C(=O)Nc3ccc(N(C)C)cc3)cn2)C1. The van der Waals surface area contributed by atoms with Crippen LogP contribution in [0, 0.1) is 5.92 Å². The first-order chi connectivity index (χ1) is 12.0. The van der Waals surface area contributed by atoms with Gasteiger partial charge in [0.25, 0.3) is 5.91 Å². The molecule has 1 fully saturated rings. The van der Waals surface area contributed by atoms with E-state index in [1.165, 1.54) is 12.8 Å². The maximum atomic E-state index is 12.3. The van der Waals surface area contributed by atoms with Gasteiger partial charge >= 0.3 is 0 Å². The van der Waals surface area contributed by atoms with Crippen LogP contribution < -0.4 is 15.1 Å². The van der Waals surface area contributed by atoms with E-state index in [1.54, 1.807) is 12.4 Å². The minimum atomic E-state index is -0.247. The Morgan fingerprint density at radius 3 is 2.56 bits per heavy atom. The van der Waals surface area contributed by atoms with Gasteiger partial charge in [0.05, 0.1) is 12.4 Å². The van der Waals surface area contributed by atoms with Gasteiger partial charge in [-0.25, -0.2) is 9.97 Å². The van der Waals surface area contributed by atoms with Crippen LogP contribution in [0.15, 0.2) is 36.7 Å². The molecule has 3 rings (SSSR count). The van der Waals surface area contributed by atoms with Crippen LogP contribution in [0.5, 0.6) is 0 Å². The summed E-state index contributed by atoms with van der Waals surface area (Å²) in [4.78, 5) is 25.3. The number of amides is 1. The van der Waals surface area contributed by atoms with Crippen molar-refractivity contribution in [3.63, 3.8) is 0 Å². The Morgan fingerprint density at radius 2 is 1.96 bits per heavy atom. The first-order valence-corrected chi connectivity index (χ1v) is 8.68. The highest BCUT2D eigenvalue weighted by Crippen LogP contribution is 2.21. The Balaban J connectivity index is 1.64. The first-order valence-electron chi connectivity index (χ1n) is 8.68. The third-order valence-electron chi connectivity index (χ3n) is 4.49. The number of hydrogen-bond donors (Lipinski definition) is 1. The lowest BCUT2D eigenvalue weighted by Gasteiger charge is -2.31. The number of nitrogens with zero attached hydrogens (tertiary/aromatic N) is 4. The van der Waals surface area contributed by atoms with Gasteiger partial charge in [0.1, 0.15) is 11.5 Å². The highest BCUT2D eigenvalue weighted by atomic mass is 16.1. The monoisotopic (exact) mass is 339 g/mol. The molecule has 25 heavy (non-hydrogen) atoms. The van der Waals surface area contributed by atoms with E-state index in [4.69, 9.17) is 0 Å². The van der Waals surface area contributed by atoms with Crippen molar-refractivity contribution in [2.75, 3.05) is 42.3 Å². The van der Waals surface area contributed by atoms with Gasteiger partial charge < -0.3 is 15.1 Å². The summed E-state index contributed by atoms with van der Waals surface area (Å²) in [5, 5.41) is 2.86. The van der Waals surface area contributed by atoms with Crippen LogP contribution in [-0.4, -0.2) is 43.1 Å². The molecule has 1 unspecified atom stereocenters. The summed E-state index contributed by atoms with van der Waals surface area (Å²) in [6.07, 6.45) is 5.69. The van der Waals surface area contributed by atoms with Crippen molar-refractivity contribution in [1.29, 1.82) is 0 Å². The summed E-state index contributed by atoms with van der Waals surface area (Å²) >= 11 is 0. The standard InChI is InChI=1S/C19H25N5O/c1-14-5-4-10-24(13-14)18-12-20-17(11-21-18)19(25)22-15-6-8-16(9-7-15)23(2)3/h6-9,11-12,14H,4-5,10,13H2,1-3H3,(H,22,25). The summed E-state index contributed by atoms with van der Waals surface area (Å²) in [6, 6.07) is 7.68. The van der Waals surface area contributed by atoms with Crippen molar-refractivity contribution in [2.24, 2.45) is 5.92 Å². The lowest BCUT2D eigenvalue weighted by molar-refractivity contribution is 0.102. The van der Waals surface area contributed by atoms with E-state index in [9.17, 15) is 4.79 Å². The summed E-state index contributed by atoms with van der Waals surface area (Å²) in [7, 11) is 3.96. The van der Waals surface area contributed by atoms with Crippen molar-refractivity contribution in [1.82, 2.24) is 9.97 Å². The van der Waals surface area contributed by atoms with Gasteiger partial charge in [-0.3, -0.25) is 4.79 Å². The highest BCUT2D eigenvalue weighted by molar-refractivity contribution is 6.02. The molecule has 0 bridgehead atoms. The molecule has 0 spiro atoms. The minimum Gasteiger partial charge on any atom is -0.378 e. The van der Waals surface area contributed by atoms with E-state index in [2.05, 4.69) is 27.1 Å². The number of carbonyl (C=O) groups is 1. The molecule has 1 amide bonds. The van der Waals surface area contributed by atoms with Gasteiger partial charge in [0.2, 0.25) is 0 Å². The number of anilines is 3. The second-order valence-corrected chi connectivity index (χ2v) is 6.85. The van der Waals surface area contributed by atoms with Crippen LogP contribution in [-0.2, 0) is 0 Å². The molecule has 132 valence electrons. The smallest absolute Gasteiger partial charge is 0.275 e. The molecule has 1 aliphatic heterocycles. The maximum Gasteiger partial charge on any atom is 0.275 e. The van der Waals surface area contributed by atoms with E-state index in [1.807, 2.05) is 43.3 Å². The van der Waals surface area contributed by atoms with Gasteiger partial charge in [0.15, 0.2) is 0 Å². The summed E-state index contributed by atoms with van der Waals surface area (Å²) in [5.41, 5.74) is 2.15. The molecular formula is C19H25N5O. The van der Waals surface area contributed by atoms with E-state index in [0.29, 0.717) is 11.6 Å². The fourth-order valence-corrected chi connectivity index (χ4v) is 3.04. The molecular weight excluding hydrogens is 314 g/mol. The molecule has 1 N–H and O–H groups in total. The molecule has 2 aromatic rings. The maximum absolute atomic E-state index is 12.3. The molecule has 1 saturated heterocycles. The molecule has 0 saturated carbocycles. The normalized spacial score (nSPS) is 17.2. The summed E-state index contributed by atoms with van der Waals surface area (Å²) in [5.74, 6) is 1.27. The number of piperidine rings is 1. The second-order valence-electron chi connectivity index (χ2n) is 6.85. The van der Waals surface area contributed by atoms with Crippen LogP contribution in [0.2, 0.25) is 0 Å². The number of aromatic nitrogens is 2. The lowest BCUT2D eigenvalue weighted by atomic mass is 10.0. The predicted octanol–water partition coefficient (Wildman–Crippen LogP) is 3.03. The molecule has 1 atom stereocenters. The van der Waals surface area contributed by atoms with Crippen LogP contribution in [0.25, 0.3) is 0 Å². The molecule has 1 aromatic heterocycles. The molecule has 1 aliphatic rings. The Hall–Kier alpha value is -2.63. The fraction of sp³-hybridized carbons (Fsp3) is 0.421.